The summed E-state index contributed by atoms with van der Waals surface area (Å²) in [6.07, 6.45) is 7.00. The lowest BCUT2D eigenvalue weighted by molar-refractivity contribution is -0.127. The molecular formula is C16H21N3O4. The van der Waals surface area contributed by atoms with Crippen molar-refractivity contribution in [1.29, 1.82) is 0 Å². The molecule has 3 amide bonds. The van der Waals surface area contributed by atoms with E-state index in [2.05, 4.69) is 15.6 Å². The summed E-state index contributed by atoms with van der Waals surface area (Å²) in [7, 11) is 0. The van der Waals surface area contributed by atoms with E-state index in [-0.39, 0.29) is 11.6 Å². The highest BCUT2D eigenvalue weighted by atomic mass is 16.5. The molecule has 23 heavy (non-hydrogen) atoms. The van der Waals surface area contributed by atoms with E-state index in [9.17, 15) is 14.4 Å². The third-order valence-electron chi connectivity index (χ3n) is 3.73. The lowest BCUT2D eigenvalue weighted by Gasteiger charge is -2.23. The van der Waals surface area contributed by atoms with E-state index in [0.717, 1.165) is 25.7 Å². The smallest absolute Gasteiger partial charge is 0.340 e. The summed E-state index contributed by atoms with van der Waals surface area (Å²) < 4.78 is 5.02. The Balaban J connectivity index is 1.77. The predicted octanol–water partition coefficient (Wildman–Crippen LogP) is 1.79. The number of ether oxygens (including phenoxy) is 1. The van der Waals surface area contributed by atoms with Crippen LogP contribution < -0.4 is 10.6 Å². The summed E-state index contributed by atoms with van der Waals surface area (Å²) >= 11 is 0. The van der Waals surface area contributed by atoms with Gasteiger partial charge in [-0.25, -0.2) is 9.59 Å². The number of carbonyl (C=O) groups excluding carboxylic acids is 3. The first-order valence-electron chi connectivity index (χ1n) is 7.78. The molecule has 1 aromatic heterocycles. The zero-order chi connectivity index (χ0) is 16.7. The highest BCUT2D eigenvalue weighted by Crippen LogP contribution is 2.17. The minimum atomic E-state index is -1.07. The van der Waals surface area contributed by atoms with E-state index in [1.54, 1.807) is 6.07 Å². The van der Waals surface area contributed by atoms with Crippen LogP contribution in [0, 0.1) is 0 Å². The number of amides is 3. The van der Waals surface area contributed by atoms with E-state index in [1.165, 1.54) is 31.8 Å². The fourth-order valence-corrected chi connectivity index (χ4v) is 2.45. The van der Waals surface area contributed by atoms with Gasteiger partial charge in [0.2, 0.25) is 0 Å². The first kappa shape index (κ1) is 16.9. The number of rotatable bonds is 4. The topological polar surface area (TPSA) is 97.4 Å². The van der Waals surface area contributed by atoms with Gasteiger partial charge in [0.15, 0.2) is 6.10 Å². The lowest BCUT2D eigenvalue weighted by Crippen LogP contribution is -2.48. The molecule has 0 bridgehead atoms. The van der Waals surface area contributed by atoms with Crippen molar-refractivity contribution in [3.8, 4) is 0 Å². The molecule has 7 nitrogen and oxygen atoms in total. The van der Waals surface area contributed by atoms with Crippen molar-refractivity contribution in [3.05, 3.63) is 30.1 Å². The van der Waals surface area contributed by atoms with Gasteiger partial charge in [-0.05, 0) is 31.9 Å². The Kier molecular flexibility index (Phi) is 6.08. The van der Waals surface area contributed by atoms with Crippen LogP contribution in [0.25, 0.3) is 0 Å². The highest BCUT2D eigenvalue weighted by molar-refractivity contribution is 5.98. The minimum absolute atomic E-state index is 0.102. The number of aromatic nitrogens is 1. The molecule has 0 spiro atoms. The molecule has 1 saturated carbocycles. The van der Waals surface area contributed by atoms with Gasteiger partial charge in [0.1, 0.15) is 0 Å². The second kappa shape index (κ2) is 8.26. The Morgan fingerprint density at radius 1 is 1.26 bits per heavy atom. The van der Waals surface area contributed by atoms with E-state index < -0.39 is 24.0 Å². The van der Waals surface area contributed by atoms with Crippen LogP contribution in [0.5, 0.6) is 0 Å². The van der Waals surface area contributed by atoms with Crippen molar-refractivity contribution >= 4 is 17.9 Å². The number of pyridine rings is 1. The van der Waals surface area contributed by atoms with Crippen molar-refractivity contribution in [1.82, 2.24) is 15.6 Å². The minimum Gasteiger partial charge on any atom is -0.449 e. The molecule has 1 aliphatic rings. The van der Waals surface area contributed by atoms with Crippen LogP contribution in [0.2, 0.25) is 0 Å². The van der Waals surface area contributed by atoms with Crippen LogP contribution in [0.1, 0.15) is 49.4 Å². The highest BCUT2D eigenvalue weighted by Gasteiger charge is 2.22. The molecule has 1 aliphatic carbocycles. The molecule has 0 aliphatic heterocycles. The number of carbonyl (C=O) groups is 3. The first-order valence-corrected chi connectivity index (χ1v) is 7.78. The van der Waals surface area contributed by atoms with Gasteiger partial charge in [0.05, 0.1) is 5.56 Å². The third kappa shape index (κ3) is 5.36. The van der Waals surface area contributed by atoms with Crippen molar-refractivity contribution in [2.24, 2.45) is 0 Å². The zero-order valence-electron chi connectivity index (χ0n) is 13.1. The molecule has 124 valence electrons. The van der Waals surface area contributed by atoms with Crippen molar-refractivity contribution < 1.29 is 19.1 Å². The SMILES string of the molecule is C[C@H](OC(=O)c1cccnc1)C(=O)NC(=O)NC1CCCCC1. The normalized spacial score (nSPS) is 16.2. The zero-order valence-corrected chi connectivity index (χ0v) is 13.1. The number of hydrogen-bond acceptors (Lipinski definition) is 5. The molecule has 1 aromatic rings. The maximum Gasteiger partial charge on any atom is 0.340 e. The number of esters is 1. The predicted molar refractivity (Wildman–Crippen MR) is 82.7 cm³/mol. The summed E-state index contributed by atoms with van der Waals surface area (Å²) in [5.74, 6) is -1.32. The summed E-state index contributed by atoms with van der Waals surface area (Å²) in [5.41, 5.74) is 0.249. The van der Waals surface area contributed by atoms with Crippen molar-refractivity contribution in [3.63, 3.8) is 0 Å². The number of urea groups is 1. The quantitative estimate of drug-likeness (QED) is 0.825. The Hall–Kier alpha value is -2.44. The van der Waals surface area contributed by atoms with Gasteiger partial charge in [-0.3, -0.25) is 15.1 Å². The summed E-state index contributed by atoms with van der Waals surface area (Å²) in [6.45, 7) is 1.41. The molecule has 0 unspecified atom stereocenters. The number of nitrogens with zero attached hydrogens (tertiary/aromatic N) is 1. The first-order chi connectivity index (χ1) is 11.1. The van der Waals surface area contributed by atoms with Gasteiger partial charge in [0, 0.05) is 18.4 Å². The van der Waals surface area contributed by atoms with Crippen molar-refractivity contribution in [2.45, 2.75) is 51.2 Å². The standard InChI is InChI=1S/C16H21N3O4/c1-11(23-15(21)12-6-5-9-17-10-12)14(20)19-16(22)18-13-7-3-2-4-8-13/h5-6,9-11,13H,2-4,7-8H2,1H3,(H2,18,19,20,22)/t11-/m0/s1. The van der Waals surface area contributed by atoms with Gasteiger partial charge in [-0.15, -0.1) is 0 Å². The largest absolute Gasteiger partial charge is 0.449 e. The molecule has 1 fully saturated rings. The summed E-state index contributed by atoms with van der Waals surface area (Å²) in [5, 5.41) is 4.97. The van der Waals surface area contributed by atoms with Crippen LogP contribution >= 0.6 is 0 Å². The molecule has 2 N–H and O–H groups in total. The molecule has 0 saturated heterocycles. The Labute approximate surface area is 134 Å². The summed E-state index contributed by atoms with van der Waals surface area (Å²) in [6, 6.07) is 2.69. The van der Waals surface area contributed by atoms with Crippen molar-refractivity contribution in [2.75, 3.05) is 0 Å². The Morgan fingerprint density at radius 2 is 2.00 bits per heavy atom. The summed E-state index contributed by atoms with van der Waals surface area (Å²) in [4.78, 5) is 39.3. The van der Waals surface area contributed by atoms with Crippen LogP contribution in [-0.4, -0.2) is 35.0 Å². The van der Waals surface area contributed by atoms with Crippen LogP contribution in [-0.2, 0) is 9.53 Å². The Morgan fingerprint density at radius 3 is 2.65 bits per heavy atom. The number of nitrogens with one attached hydrogen (secondary N) is 2. The van der Waals surface area contributed by atoms with E-state index in [4.69, 9.17) is 4.74 Å². The van der Waals surface area contributed by atoms with E-state index >= 15 is 0 Å². The second-order valence-electron chi connectivity index (χ2n) is 5.59. The Bertz CT molecular complexity index is 556. The monoisotopic (exact) mass is 319 g/mol. The van der Waals surface area contributed by atoms with Gasteiger partial charge >= 0.3 is 12.0 Å². The molecule has 0 radical (unpaired) electrons. The van der Waals surface area contributed by atoms with Crippen LogP contribution in [0.3, 0.4) is 0 Å². The second-order valence-corrected chi connectivity index (χ2v) is 5.59. The van der Waals surface area contributed by atoms with Crippen LogP contribution in [0.15, 0.2) is 24.5 Å². The van der Waals surface area contributed by atoms with Gasteiger partial charge in [-0.1, -0.05) is 19.3 Å². The fraction of sp³-hybridized carbons (Fsp3) is 0.500. The molecule has 1 heterocycles. The lowest BCUT2D eigenvalue weighted by atomic mass is 9.96. The maximum atomic E-state index is 11.9. The molecular weight excluding hydrogens is 298 g/mol. The third-order valence-corrected chi connectivity index (χ3v) is 3.73. The van der Waals surface area contributed by atoms with Crippen LogP contribution in [0.4, 0.5) is 4.79 Å². The van der Waals surface area contributed by atoms with Gasteiger partial charge < -0.3 is 10.1 Å². The average molecular weight is 319 g/mol. The number of hydrogen-bond donors (Lipinski definition) is 2. The molecule has 0 aromatic carbocycles. The number of imide groups is 1. The molecule has 7 heteroatoms. The molecule has 2 rings (SSSR count). The van der Waals surface area contributed by atoms with Gasteiger partial charge in [-0.2, -0.15) is 0 Å². The van der Waals surface area contributed by atoms with Gasteiger partial charge in [0.25, 0.3) is 5.91 Å². The fourth-order valence-electron chi connectivity index (χ4n) is 2.45. The maximum absolute atomic E-state index is 11.9. The average Bonchev–Trinajstić information content (AvgIpc) is 2.56. The molecule has 1 atom stereocenters. The van der Waals surface area contributed by atoms with E-state index in [0.29, 0.717) is 0 Å². The van der Waals surface area contributed by atoms with E-state index in [1.807, 2.05) is 0 Å².